The maximum atomic E-state index is 13.8. The van der Waals surface area contributed by atoms with Crippen LogP contribution in [0.25, 0.3) is 0 Å². The lowest BCUT2D eigenvalue weighted by atomic mass is 9.86. The maximum Gasteiger partial charge on any atom is 0.344 e. The second kappa shape index (κ2) is 9.34. The molecule has 1 heterocycles. The molecule has 0 saturated heterocycles. The number of urea groups is 1. The van der Waals surface area contributed by atoms with E-state index in [1.807, 2.05) is 0 Å². The zero-order valence-corrected chi connectivity index (χ0v) is 16.6. The van der Waals surface area contributed by atoms with Gasteiger partial charge in [0.05, 0.1) is 13.2 Å². The van der Waals surface area contributed by atoms with Crippen molar-refractivity contribution < 1.29 is 27.5 Å². The highest BCUT2D eigenvalue weighted by atomic mass is 79.9. The van der Waals surface area contributed by atoms with Gasteiger partial charge in [-0.1, -0.05) is 22.4 Å². The van der Waals surface area contributed by atoms with E-state index in [-0.39, 0.29) is 17.8 Å². The van der Waals surface area contributed by atoms with Crippen LogP contribution in [0.4, 0.5) is 18.0 Å². The van der Waals surface area contributed by atoms with Crippen LogP contribution in [0, 0.1) is 23.4 Å². The van der Waals surface area contributed by atoms with E-state index >= 15 is 0 Å². The molecule has 148 valence electrons. The summed E-state index contributed by atoms with van der Waals surface area (Å²) in [6.45, 7) is 1.71. The first kappa shape index (κ1) is 21.4. The van der Waals surface area contributed by atoms with Gasteiger partial charge in [0, 0.05) is 17.6 Å². The predicted octanol–water partition coefficient (Wildman–Crippen LogP) is 4.40. The molecule has 0 radical (unpaired) electrons. The van der Waals surface area contributed by atoms with Crippen LogP contribution in [0.5, 0.6) is 0 Å². The summed E-state index contributed by atoms with van der Waals surface area (Å²) >= 11 is 3.32. The molecule has 2 unspecified atom stereocenters. The Morgan fingerprint density at radius 1 is 1.22 bits per heavy atom. The summed E-state index contributed by atoms with van der Waals surface area (Å²) in [5, 5.41) is 0.806. The lowest BCUT2D eigenvalue weighted by Crippen LogP contribution is -2.47. The van der Waals surface area contributed by atoms with Crippen molar-refractivity contribution in [3.8, 4) is 0 Å². The minimum Gasteiger partial charge on any atom is -0.468 e. The first-order chi connectivity index (χ1) is 12.8. The molecule has 0 aromatic heterocycles. The molecular weight excluding hydrogens is 429 g/mol. The molecule has 1 aromatic rings. The van der Waals surface area contributed by atoms with Crippen LogP contribution in [-0.4, -0.2) is 41.6 Å². The zero-order chi connectivity index (χ0) is 20.1. The van der Waals surface area contributed by atoms with E-state index in [1.165, 1.54) is 18.9 Å². The quantitative estimate of drug-likeness (QED) is 0.269. The Kier molecular flexibility index (Phi) is 7.41. The Labute approximate surface area is 163 Å². The van der Waals surface area contributed by atoms with E-state index in [2.05, 4.69) is 20.9 Å². The first-order valence-electron chi connectivity index (χ1n) is 8.45. The number of benzene rings is 1. The number of esters is 1. The van der Waals surface area contributed by atoms with Crippen molar-refractivity contribution in [2.75, 3.05) is 19.0 Å². The summed E-state index contributed by atoms with van der Waals surface area (Å²) in [6, 6.07) is -0.0371. The average Bonchev–Trinajstić information content (AvgIpc) is 2.63. The number of methoxy groups -OCH3 is 1. The highest BCUT2D eigenvalue weighted by Gasteiger charge is 2.43. The van der Waals surface area contributed by atoms with Gasteiger partial charge in [-0.3, -0.25) is 4.79 Å². The number of rotatable bonds is 7. The molecule has 1 aliphatic heterocycles. The highest BCUT2D eigenvalue weighted by molar-refractivity contribution is 9.09. The van der Waals surface area contributed by atoms with Crippen molar-refractivity contribution in [1.82, 2.24) is 4.90 Å². The molecule has 2 rings (SSSR count). The standard InChI is InChI=1S/C18H20BrF3N2O3/c1-10-14(17(25)27-2)16(11-8-12(20)15(22)13(21)9-11)24(18(26)23-10)7-5-3-4-6-19/h8-9,14,16H,3-7H2,1-2H3. The third-order valence-corrected chi connectivity index (χ3v) is 5.02. The molecule has 27 heavy (non-hydrogen) atoms. The number of carbonyl (C=O) groups excluding carboxylic acids is 2. The van der Waals surface area contributed by atoms with Gasteiger partial charge < -0.3 is 9.64 Å². The number of amides is 2. The number of carbonyl (C=O) groups is 2. The van der Waals surface area contributed by atoms with Crippen molar-refractivity contribution >= 4 is 33.6 Å². The second-order valence-corrected chi connectivity index (χ2v) is 7.02. The third kappa shape index (κ3) is 4.69. The van der Waals surface area contributed by atoms with Gasteiger partial charge in [0.25, 0.3) is 0 Å². The molecule has 9 heteroatoms. The molecule has 5 nitrogen and oxygen atoms in total. The van der Waals surface area contributed by atoms with E-state index in [0.717, 1.165) is 30.3 Å². The number of hydrogen-bond acceptors (Lipinski definition) is 3. The molecule has 2 amide bonds. The lowest BCUT2D eigenvalue weighted by Gasteiger charge is -2.38. The number of aliphatic imine (C=N–C) groups is 1. The Morgan fingerprint density at radius 3 is 2.41 bits per heavy atom. The Morgan fingerprint density at radius 2 is 1.85 bits per heavy atom. The van der Waals surface area contributed by atoms with Crippen LogP contribution < -0.4 is 0 Å². The van der Waals surface area contributed by atoms with Gasteiger partial charge in [0.15, 0.2) is 17.5 Å². The Hall–Kier alpha value is -1.90. The lowest BCUT2D eigenvalue weighted by molar-refractivity contribution is -0.145. The minimum atomic E-state index is -1.61. The van der Waals surface area contributed by atoms with Gasteiger partial charge in [-0.15, -0.1) is 0 Å². The number of nitrogens with zero attached hydrogens (tertiary/aromatic N) is 2. The minimum absolute atomic E-state index is 0.0232. The van der Waals surface area contributed by atoms with Crippen molar-refractivity contribution in [3.05, 3.63) is 35.1 Å². The molecule has 0 aliphatic carbocycles. The fourth-order valence-corrected chi connectivity index (χ4v) is 3.54. The average molecular weight is 449 g/mol. The number of alkyl halides is 1. The smallest absolute Gasteiger partial charge is 0.344 e. The molecule has 0 saturated carbocycles. The topological polar surface area (TPSA) is 59.0 Å². The third-order valence-electron chi connectivity index (χ3n) is 4.45. The Balaban J connectivity index is 2.49. The molecule has 0 bridgehead atoms. The van der Waals surface area contributed by atoms with E-state index in [0.29, 0.717) is 6.42 Å². The number of unbranched alkanes of at least 4 members (excludes halogenated alkanes) is 2. The second-order valence-electron chi connectivity index (χ2n) is 6.22. The van der Waals surface area contributed by atoms with E-state index in [9.17, 15) is 22.8 Å². The number of ether oxygens (including phenoxy) is 1. The molecule has 0 spiro atoms. The fraction of sp³-hybridized carbons (Fsp3) is 0.500. The monoisotopic (exact) mass is 448 g/mol. The summed E-state index contributed by atoms with van der Waals surface area (Å²) in [6.07, 6.45) is 2.30. The van der Waals surface area contributed by atoms with Crippen LogP contribution in [-0.2, 0) is 9.53 Å². The molecule has 2 atom stereocenters. The summed E-state index contributed by atoms with van der Waals surface area (Å²) in [7, 11) is 1.18. The SMILES string of the molecule is COC(=O)C1C(C)=NC(=O)N(CCCCCBr)C1c1cc(F)c(F)c(F)c1. The van der Waals surface area contributed by atoms with E-state index in [1.54, 1.807) is 0 Å². The molecular formula is C18H20BrF3N2O3. The fourth-order valence-electron chi connectivity index (χ4n) is 3.14. The van der Waals surface area contributed by atoms with Crippen LogP contribution in [0.1, 0.15) is 37.8 Å². The van der Waals surface area contributed by atoms with Crippen molar-refractivity contribution in [2.45, 2.75) is 32.2 Å². The van der Waals surface area contributed by atoms with Crippen LogP contribution in [0.3, 0.4) is 0 Å². The van der Waals surface area contributed by atoms with Gasteiger partial charge in [-0.2, -0.15) is 0 Å². The van der Waals surface area contributed by atoms with Crippen molar-refractivity contribution in [3.63, 3.8) is 0 Å². The van der Waals surface area contributed by atoms with Gasteiger partial charge in [-0.25, -0.2) is 23.0 Å². The number of hydrogen-bond donors (Lipinski definition) is 0. The molecule has 0 fully saturated rings. The largest absolute Gasteiger partial charge is 0.468 e. The summed E-state index contributed by atoms with van der Waals surface area (Å²) < 4.78 is 45.8. The van der Waals surface area contributed by atoms with Crippen molar-refractivity contribution in [1.29, 1.82) is 0 Å². The summed E-state index contributed by atoms with van der Waals surface area (Å²) in [5.74, 6) is -6.11. The van der Waals surface area contributed by atoms with Gasteiger partial charge >= 0.3 is 12.0 Å². The highest BCUT2D eigenvalue weighted by Crippen LogP contribution is 2.36. The first-order valence-corrected chi connectivity index (χ1v) is 9.58. The van der Waals surface area contributed by atoms with Crippen LogP contribution in [0.15, 0.2) is 17.1 Å². The van der Waals surface area contributed by atoms with Gasteiger partial charge in [0.1, 0.15) is 5.92 Å². The number of halogens is 4. The zero-order valence-electron chi connectivity index (χ0n) is 15.0. The van der Waals surface area contributed by atoms with Crippen LogP contribution >= 0.6 is 15.9 Å². The van der Waals surface area contributed by atoms with Crippen molar-refractivity contribution in [2.24, 2.45) is 10.9 Å². The Bertz CT molecular complexity index is 734. The predicted molar refractivity (Wildman–Crippen MR) is 97.4 cm³/mol. The summed E-state index contributed by atoms with van der Waals surface area (Å²) in [4.78, 5) is 29.9. The maximum absolute atomic E-state index is 13.8. The normalized spacial score (nSPS) is 19.9. The molecule has 0 N–H and O–H groups in total. The van der Waals surface area contributed by atoms with E-state index < -0.39 is 41.4 Å². The van der Waals surface area contributed by atoms with Crippen LogP contribution in [0.2, 0.25) is 0 Å². The molecule has 1 aromatic carbocycles. The molecule has 1 aliphatic rings. The van der Waals surface area contributed by atoms with Gasteiger partial charge in [-0.05, 0) is 37.5 Å². The van der Waals surface area contributed by atoms with Gasteiger partial charge in [0.2, 0.25) is 0 Å². The summed E-state index contributed by atoms with van der Waals surface area (Å²) in [5.41, 5.74) is 0.156. The van der Waals surface area contributed by atoms with E-state index in [4.69, 9.17) is 4.74 Å².